The average Bonchev–Trinajstić information content (AvgIpc) is 2.69. The first-order valence-electron chi connectivity index (χ1n) is 9.96. The molecule has 0 radical (unpaired) electrons. The van der Waals surface area contributed by atoms with Crippen molar-refractivity contribution in [2.24, 2.45) is 0 Å². The highest BCUT2D eigenvalue weighted by Gasteiger charge is 2.17. The zero-order chi connectivity index (χ0) is 18.0. The van der Waals surface area contributed by atoms with Crippen LogP contribution in [0.15, 0.2) is 66.9 Å². The fourth-order valence-corrected chi connectivity index (χ4v) is 3.35. The molecule has 0 aliphatic rings. The summed E-state index contributed by atoms with van der Waals surface area (Å²) in [6, 6.07) is 21.2. The maximum absolute atomic E-state index is 6.29. The predicted molar refractivity (Wildman–Crippen MR) is 109 cm³/mol. The average molecular weight is 349 g/mol. The van der Waals surface area contributed by atoms with Crippen molar-refractivity contribution in [1.82, 2.24) is 0 Å². The van der Waals surface area contributed by atoms with Crippen LogP contribution in [0.2, 0.25) is 0 Å². The van der Waals surface area contributed by atoms with E-state index in [1.165, 1.54) is 48.4 Å². The lowest BCUT2D eigenvalue weighted by atomic mass is 10.1. The van der Waals surface area contributed by atoms with Gasteiger partial charge in [0, 0.05) is 11.6 Å². The summed E-state index contributed by atoms with van der Waals surface area (Å²) in [6.07, 6.45) is 9.83. The first-order valence-corrected chi connectivity index (χ1v) is 9.96. The van der Waals surface area contributed by atoms with Gasteiger partial charge in [0.15, 0.2) is 12.7 Å². The SMILES string of the molecule is CCCCCCCCOc1c2ccccc2cc[n+]1Cc1ccccc1. The summed E-state index contributed by atoms with van der Waals surface area (Å²) in [4.78, 5) is 0. The molecular weight excluding hydrogens is 318 g/mol. The van der Waals surface area contributed by atoms with Crippen LogP contribution in [0.4, 0.5) is 0 Å². The maximum Gasteiger partial charge on any atom is 0.376 e. The third-order valence-corrected chi connectivity index (χ3v) is 4.82. The highest BCUT2D eigenvalue weighted by atomic mass is 16.5. The Hall–Kier alpha value is -2.35. The Kier molecular flexibility index (Phi) is 7.06. The summed E-state index contributed by atoms with van der Waals surface area (Å²) >= 11 is 0. The normalized spacial score (nSPS) is 11.0. The number of rotatable bonds is 10. The lowest BCUT2D eigenvalue weighted by Crippen LogP contribution is -2.36. The Morgan fingerprint density at radius 2 is 1.50 bits per heavy atom. The molecule has 2 aromatic carbocycles. The Bertz CT molecular complexity index is 798. The highest BCUT2D eigenvalue weighted by molar-refractivity contribution is 5.85. The summed E-state index contributed by atoms with van der Waals surface area (Å²) in [5.74, 6) is 0.987. The maximum atomic E-state index is 6.29. The van der Waals surface area contributed by atoms with E-state index in [1.54, 1.807) is 0 Å². The number of unbranched alkanes of at least 4 members (excludes halogenated alkanes) is 5. The number of fused-ring (bicyclic) bond motifs is 1. The molecule has 1 aromatic heterocycles. The molecule has 0 fully saturated rings. The summed E-state index contributed by atoms with van der Waals surface area (Å²) in [5, 5.41) is 2.42. The fourth-order valence-electron chi connectivity index (χ4n) is 3.35. The number of hydrogen-bond acceptors (Lipinski definition) is 1. The summed E-state index contributed by atoms with van der Waals surface area (Å²) in [5.41, 5.74) is 1.29. The lowest BCUT2D eigenvalue weighted by molar-refractivity contribution is -0.692. The van der Waals surface area contributed by atoms with E-state index in [0.29, 0.717) is 0 Å². The lowest BCUT2D eigenvalue weighted by Gasteiger charge is -2.09. The quantitative estimate of drug-likeness (QED) is 0.328. The second-order valence-corrected chi connectivity index (χ2v) is 6.94. The van der Waals surface area contributed by atoms with Crippen LogP contribution in [0.25, 0.3) is 10.8 Å². The zero-order valence-electron chi connectivity index (χ0n) is 15.9. The Morgan fingerprint density at radius 1 is 0.769 bits per heavy atom. The smallest absolute Gasteiger partial charge is 0.376 e. The minimum atomic E-state index is 0.787. The van der Waals surface area contributed by atoms with Gasteiger partial charge in [-0.15, -0.1) is 0 Å². The van der Waals surface area contributed by atoms with Crippen molar-refractivity contribution >= 4 is 10.8 Å². The summed E-state index contributed by atoms with van der Waals surface area (Å²) in [6.45, 7) is 3.88. The molecule has 26 heavy (non-hydrogen) atoms. The number of pyridine rings is 1. The van der Waals surface area contributed by atoms with Gasteiger partial charge in [0.25, 0.3) is 0 Å². The van der Waals surface area contributed by atoms with Crippen molar-refractivity contribution in [2.45, 2.75) is 52.0 Å². The van der Waals surface area contributed by atoms with Crippen molar-refractivity contribution in [3.8, 4) is 5.88 Å². The van der Waals surface area contributed by atoms with Crippen LogP contribution in [0.5, 0.6) is 5.88 Å². The van der Waals surface area contributed by atoms with Crippen LogP contribution in [-0.4, -0.2) is 6.61 Å². The van der Waals surface area contributed by atoms with Gasteiger partial charge in [0.1, 0.15) is 0 Å². The number of benzene rings is 2. The van der Waals surface area contributed by atoms with E-state index in [-0.39, 0.29) is 0 Å². The Balaban J connectivity index is 1.71. The highest BCUT2D eigenvalue weighted by Crippen LogP contribution is 2.22. The molecule has 0 bridgehead atoms. The molecule has 0 amide bonds. The fraction of sp³-hybridized carbons (Fsp3) is 0.375. The van der Waals surface area contributed by atoms with Gasteiger partial charge in [-0.25, -0.2) is 0 Å². The monoisotopic (exact) mass is 348 g/mol. The van der Waals surface area contributed by atoms with E-state index in [0.717, 1.165) is 25.5 Å². The van der Waals surface area contributed by atoms with Gasteiger partial charge in [-0.05, 0) is 17.9 Å². The van der Waals surface area contributed by atoms with Crippen LogP contribution in [-0.2, 0) is 6.54 Å². The van der Waals surface area contributed by atoms with Gasteiger partial charge in [-0.1, -0.05) is 87.6 Å². The summed E-state index contributed by atoms with van der Waals surface area (Å²) in [7, 11) is 0. The molecule has 0 unspecified atom stereocenters. The molecule has 0 N–H and O–H groups in total. The van der Waals surface area contributed by atoms with E-state index in [9.17, 15) is 0 Å². The topological polar surface area (TPSA) is 13.1 Å². The van der Waals surface area contributed by atoms with Gasteiger partial charge in [-0.2, -0.15) is 4.57 Å². The standard InChI is InChI=1S/C24H30NO/c1-2-3-4-5-6-12-19-26-24-23-16-11-10-15-22(23)17-18-25(24)20-21-13-8-7-9-14-21/h7-11,13-18H,2-6,12,19-20H2,1H3/q+1. The molecule has 0 saturated heterocycles. The first-order chi connectivity index (χ1) is 12.9. The van der Waals surface area contributed by atoms with Gasteiger partial charge in [0.05, 0.1) is 12.0 Å². The molecule has 136 valence electrons. The second-order valence-electron chi connectivity index (χ2n) is 6.94. The third kappa shape index (κ3) is 5.08. The predicted octanol–water partition coefficient (Wildman–Crippen LogP) is 5.91. The molecule has 2 nitrogen and oxygen atoms in total. The van der Waals surface area contributed by atoms with Gasteiger partial charge in [-0.3, -0.25) is 0 Å². The van der Waals surface area contributed by atoms with Gasteiger partial charge < -0.3 is 4.74 Å². The van der Waals surface area contributed by atoms with E-state index in [1.807, 2.05) is 0 Å². The number of nitrogens with zero attached hydrogens (tertiary/aromatic N) is 1. The minimum absolute atomic E-state index is 0.787. The number of ether oxygens (including phenoxy) is 1. The van der Waals surface area contributed by atoms with Crippen molar-refractivity contribution in [3.63, 3.8) is 0 Å². The van der Waals surface area contributed by atoms with Crippen LogP contribution >= 0.6 is 0 Å². The molecule has 0 spiro atoms. The van der Waals surface area contributed by atoms with Crippen LogP contribution in [0.3, 0.4) is 0 Å². The second kappa shape index (κ2) is 9.96. The molecule has 0 aliphatic carbocycles. The minimum Gasteiger partial charge on any atom is -0.444 e. The van der Waals surface area contributed by atoms with E-state index in [2.05, 4.69) is 78.4 Å². The van der Waals surface area contributed by atoms with Crippen molar-refractivity contribution < 1.29 is 9.30 Å². The van der Waals surface area contributed by atoms with Crippen LogP contribution < -0.4 is 9.30 Å². The molecular formula is C24H30NO+. The van der Waals surface area contributed by atoms with Gasteiger partial charge >= 0.3 is 5.88 Å². The molecule has 1 heterocycles. The zero-order valence-corrected chi connectivity index (χ0v) is 15.9. The molecule has 2 heteroatoms. The Labute approximate surface area is 157 Å². The van der Waals surface area contributed by atoms with E-state index < -0.39 is 0 Å². The van der Waals surface area contributed by atoms with Crippen molar-refractivity contribution in [1.29, 1.82) is 0 Å². The van der Waals surface area contributed by atoms with Crippen molar-refractivity contribution in [2.75, 3.05) is 6.61 Å². The first kappa shape index (κ1) is 18.4. The number of hydrogen-bond donors (Lipinski definition) is 0. The van der Waals surface area contributed by atoms with E-state index in [4.69, 9.17) is 4.74 Å². The number of aromatic nitrogens is 1. The summed E-state index contributed by atoms with van der Waals surface area (Å²) < 4.78 is 8.52. The molecule has 3 aromatic rings. The molecule has 3 rings (SSSR count). The molecule has 0 aliphatic heterocycles. The van der Waals surface area contributed by atoms with Crippen molar-refractivity contribution in [3.05, 3.63) is 72.4 Å². The molecule has 0 saturated carbocycles. The van der Waals surface area contributed by atoms with E-state index >= 15 is 0 Å². The largest absolute Gasteiger partial charge is 0.444 e. The third-order valence-electron chi connectivity index (χ3n) is 4.82. The molecule has 0 atom stereocenters. The van der Waals surface area contributed by atoms with Crippen LogP contribution in [0.1, 0.15) is 51.0 Å². The Morgan fingerprint density at radius 3 is 2.35 bits per heavy atom. The van der Waals surface area contributed by atoms with Gasteiger partial charge in [0.2, 0.25) is 0 Å². The van der Waals surface area contributed by atoms with Crippen LogP contribution in [0, 0.1) is 0 Å².